The molecule has 0 aliphatic heterocycles. The largest absolute Gasteiger partial charge is 0.504 e. The lowest BCUT2D eigenvalue weighted by atomic mass is 10.1. The SMILES string of the molecule is COc1cc2c(C(=O)O)c(-c3ccc(F)cc3)oc2cc1O. The Kier molecular flexibility index (Phi) is 3.21. The zero-order chi connectivity index (χ0) is 15.9. The number of carboxylic acid groups (broad SMARTS) is 1. The van der Waals surface area contributed by atoms with Crippen LogP contribution in [0.5, 0.6) is 11.5 Å². The second-order valence-corrected chi connectivity index (χ2v) is 4.64. The fourth-order valence-electron chi connectivity index (χ4n) is 2.29. The maximum Gasteiger partial charge on any atom is 0.340 e. The molecule has 0 bridgehead atoms. The molecule has 3 aromatic rings. The average molecular weight is 302 g/mol. The van der Waals surface area contributed by atoms with Crippen molar-refractivity contribution in [2.75, 3.05) is 7.11 Å². The predicted octanol–water partition coefficient (Wildman–Crippen LogP) is 3.65. The third-order valence-corrected chi connectivity index (χ3v) is 3.31. The molecule has 0 spiro atoms. The summed E-state index contributed by atoms with van der Waals surface area (Å²) in [5, 5.41) is 19.5. The fraction of sp³-hybridized carbons (Fsp3) is 0.0625. The van der Waals surface area contributed by atoms with Crippen molar-refractivity contribution in [3.63, 3.8) is 0 Å². The van der Waals surface area contributed by atoms with E-state index in [9.17, 15) is 19.4 Å². The van der Waals surface area contributed by atoms with Gasteiger partial charge in [-0.05, 0) is 30.3 Å². The number of aromatic carboxylic acids is 1. The van der Waals surface area contributed by atoms with E-state index in [4.69, 9.17) is 9.15 Å². The number of ether oxygens (including phenoxy) is 1. The summed E-state index contributed by atoms with van der Waals surface area (Å²) in [6.07, 6.45) is 0. The van der Waals surface area contributed by atoms with Crippen LogP contribution in [0.2, 0.25) is 0 Å². The number of furan rings is 1. The van der Waals surface area contributed by atoms with Crippen molar-refractivity contribution in [2.45, 2.75) is 0 Å². The molecule has 1 aromatic heterocycles. The van der Waals surface area contributed by atoms with Crippen molar-refractivity contribution in [1.29, 1.82) is 0 Å². The molecular formula is C16H11FO5. The van der Waals surface area contributed by atoms with Gasteiger partial charge in [0.05, 0.1) is 7.11 Å². The Balaban J connectivity index is 2.32. The van der Waals surface area contributed by atoms with Crippen molar-refractivity contribution in [3.05, 3.63) is 47.8 Å². The minimum atomic E-state index is -1.19. The van der Waals surface area contributed by atoms with Crippen LogP contribution >= 0.6 is 0 Å². The van der Waals surface area contributed by atoms with E-state index in [0.717, 1.165) is 0 Å². The number of benzene rings is 2. The monoisotopic (exact) mass is 302 g/mol. The van der Waals surface area contributed by atoms with Gasteiger partial charge < -0.3 is 19.4 Å². The lowest BCUT2D eigenvalue weighted by molar-refractivity contribution is 0.0699. The van der Waals surface area contributed by atoms with Gasteiger partial charge in [-0.15, -0.1) is 0 Å². The van der Waals surface area contributed by atoms with Crippen molar-refractivity contribution in [2.24, 2.45) is 0 Å². The van der Waals surface area contributed by atoms with Gasteiger partial charge in [-0.1, -0.05) is 0 Å². The number of carbonyl (C=O) groups is 1. The molecule has 0 amide bonds. The number of phenolic OH excluding ortho intramolecular Hbond substituents is 1. The summed E-state index contributed by atoms with van der Waals surface area (Å²) in [7, 11) is 1.36. The van der Waals surface area contributed by atoms with Crippen LogP contribution in [0.3, 0.4) is 0 Å². The maximum absolute atomic E-state index is 13.0. The van der Waals surface area contributed by atoms with E-state index in [2.05, 4.69) is 0 Å². The topological polar surface area (TPSA) is 79.9 Å². The molecule has 0 saturated carbocycles. The summed E-state index contributed by atoms with van der Waals surface area (Å²) in [5.74, 6) is -1.55. The highest BCUT2D eigenvalue weighted by Crippen LogP contribution is 2.39. The van der Waals surface area contributed by atoms with Crippen LogP contribution in [-0.4, -0.2) is 23.3 Å². The molecule has 0 fully saturated rings. The number of methoxy groups -OCH3 is 1. The Labute approximate surface area is 124 Å². The molecule has 0 saturated heterocycles. The highest BCUT2D eigenvalue weighted by atomic mass is 19.1. The highest BCUT2D eigenvalue weighted by molar-refractivity contribution is 6.08. The molecule has 0 atom stereocenters. The number of hydrogen-bond acceptors (Lipinski definition) is 4. The van der Waals surface area contributed by atoms with E-state index in [1.807, 2.05) is 0 Å². The lowest BCUT2D eigenvalue weighted by Crippen LogP contribution is -1.97. The summed E-state index contributed by atoms with van der Waals surface area (Å²) in [6.45, 7) is 0. The molecule has 2 N–H and O–H groups in total. The van der Waals surface area contributed by atoms with Gasteiger partial charge in [0.2, 0.25) is 0 Å². The summed E-state index contributed by atoms with van der Waals surface area (Å²) in [4.78, 5) is 11.6. The van der Waals surface area contributed by atoms with Gasteiger partial charge >= 0.3 is 5.97 Å². The Bertz CT molecular complexity index is 864. The van der Waals surface area contributed by atoms with E-state index >= 15 is 0 Å². The molecule has 1 heterocycles. The second kappa shape index (κ2) is 5.07. The predicted molar refractivity (Wildman–Crippen MR) is 76.8 cm³/mol. The van der Waals surface area contributed by atoms with Crippen molar-refractivity contribution >= 4 is 16.9 Å². The number of phenols is 1. The van der Waals surface area contributed by atoms with Crippen LogP contribution < -0.4 is 4.74 Å². The quantitative estimate of drug-likeness (QED) is 0.772. The number of rotatable bonds is 3. The van der Waals surface area contributed by atoms with Gasteiger partial charge in [-0.2, -0.15) is 0 Å². The molecule has 0 radical (unpaired) electrons. The Hall–Kier alpha value is -3.02. The fourth-order valence-corrected chi connectivity index (χ4v) is 2.29. The van der Waals surface area contributed by atoms with E-state index < -0.39 is 11.8 Å². The number of halogens is 1. The molecule has 3 rings (SSSR count). The van der Waals surface area contributed by atoms with Crippen LogP contribution in [0.4, 0.5) is 4.39 Å². The zero-order valence-corrected chi connectivity index (χ0v) is 11.5. The Morgan fingerprint density at radius 1 is 1.23 bits per heavy atom. The van der Waals surface area contributed by atoms with Crippen LogP contribution in [-0.2, 0) is 0 Å². The molecule has 112 valence electrons. The molecule has 0 aliphatic rings. The number of hydrogen-bond donors (Lipinski definition) is 2. The maximum atomic E-state index is 13.0. The first-order valence-corrected chi connectivity index (χ1v) is 6.34. The van der Waals surface area contributed by atoms with E-state index in [-0.39, 0.29) is 28.4 Å². The van der Waals surface area contributed by atoms with Crippen LogP contribution in [0.25, 0.3) is 22.3 Å². The average Bonchev–Trinajstić information content (AvgIpc) is 2.85. The first-order chi connectivity index (χ1) is 10.5. The van der Waals surface area contributed by atoms with Crippen molar-refractivity contribution in [1.82, 2.24) is 0 Å². The molecule has 22 heavy (non-hydrogen) atoms. The van der Waals surface area contributed by atoms with Gasteiger partial charge in [-0.3, -0.25) is 0 Å². The van der Waals surface area contributed by atoms with Gasteiger partial charge in [0.25, 0.3) is 0 Å². The third kappa shape index (κ3) is 2.14. The van der Waals surface area contributed by atoms with E-state index in [1.54, 1.807) is 0 Å². The minimum Gasteiger partial charge on any atom is -0.504 e. The van der Waals surface area contributed by atoms with E-state index in [0.29, 0.717) is 10.9 Å². The molecule has 0 unspecified atom stereocenters. The van der Waals surface area contributed by atoms with Gasteiger partial charge in [0, 0.05) is 17.0 Å². The molecular weight excluding hydrogens is 291 g/mol. The summed E-state index contributed by atoms with van der Waals surface area (Å²) >= 11 is 0. The molecule has 5 nitrogen and oxygen atoms in total. The molecule has 2 aromatic carbocycles. The van der Waals surface area contributed by atoms with Gasteiger partial charge in [0.15, 0.2) is 11.5 Å². The zero-order valence-electron chi connectivity index (χ0n) is 11.5. The normalized spacial score (nSPS) is 10.8. The first kappa shape index (κ1) is 13.9. The van der Waals surface area contributed by atoms with Gasteiger partial charge in [-0.25, -0.2) is 9.18 Å². The first-order valence-electron chi connectivity index (χ1n) is 6.34. The Morgan fingerprint density at radius 2 is 1.91 bits per heavy atom. The van der Waals surface area contributed by atoms with Gasteiger partial charge in [0.1, 0.15) is 22.7 Å². The number of fused-ring (bicyclic) bond motifs is 1. The van der Waals surface area contributed by atoms with Crippen molar-refractivity contribution in [3.8, 4) is 22.8 Å². The smallest absolute Gasteiger partial charge is 0.340 e. The summed E-state index contributed by atoms with van der Waals surface area (Å²) in [5.41, 5.74) is 0.559. The van der Waals surface area contributed by atoms with Crippen molar-refractivity contribution < 1.29 is 28.6 Å². The standard InChI is InChI=1S/C16H11FO5/c1-21-13-6-10-12(7-11(13)18)22-15(14(10)16(19)20)8-2-4-9(17)5-3-8/h2-7,18H,1H3,(H,19,20). The number of aromatic hydroxyl groups is 1. The number of carboxylic acids is 1. The summed E-state index contributed by atoms with van der Waals surface area (Å²) in [6, 6.07) is 7.96. The molecule has 0 aliphatic carbocycles. The Morgan fingerprint density at radius 3 is 2.50 bits per heavy atom. The molecule has 6 heteroatoms. The summed E-state index contributed by atoms with van der Waals surface area (Å²) < 4.78 is 23.6. The van der Waals surface area contributed by atoms with Crippen LogP contribution in [0.1, 0.15) is 10.4 Å². The third-order valence-electron chi connectivity index (χ3n) is 3.31. The second-order valence-electron chi connectivity index (χ2n) is 4.64. The van der Waals surface area contributed by atoms with E-state index in [1.165, 1.54) is 43.5 Å². The minimum absolute atomic E-state index is 0.0695. The van der Waals surface area contributed by atoms with Crippen LogP contribution in [0, 0.1) is 5.82 Å². The highest BCUT2D eigenvalue weighted by Gasteiger charge is 2.23. The van der Waals surface area contributed by atoms with Crippen LogP contribution in [0.15, 0.2) is 40.8 Å². The lowest BCUT2D eigenvalue weighted by Gasteiger charge is -2.02.